The summed E-state index contributed by atoms with van der Waals surface area (Å²) in [6, 6.07) is 7.65. The molecule has 0 radical (unpaired) electrons. The highest BCUT2D eigenvalue weighted by atomic mass is 16.6. The summed E-state index contributed by atoms with van der Waals surface area (Å²) in [7, 11) is 0. The van der Waals surface area contributed by atoms with Crippen LogP contribution in [0.5, 0.6) is 0 Å². The predicted octanol–water partition coefficient (Wildman–Crippen LogP) is 1.89. The Labute approximate surface area is 123 Å². The lowest BCUT2D eigenvalue weighted by Crippen LogP contribution is -2.42. The number of carbonyl (C=O) groups excluding carboxylic acids is 1. The Balaban J connectivity index is 2.87. The minimum atomic E-state index is -1.35. The quantitative estimate of drug-likeness (QED) is 0.638. The molecule has 0 saturated carbocycles. The first-order valence-electron chi connectivity index (χ1n) is 6.53. The van der Waals surface area contributed by atoms with Gasteiger partial charge in [0.25, 0.3) is 0 Å². The van der Waals surface area contributed by atoms with Crippen molar-refractivity contribution in [1.29, 1.82) is 0 Å². The lowest BCUT2D eigenvalue weighted by atomic mass is 10.0. The standard InChI is InChI=1S/C14H20N2O5/c1-14(2,3)21-13(18)15-12(11(17)9-16(19)20)10-7-5-4-6-8-10/h4-8,11-12,17H,9H2,1-3H3,(H,15,18)/t11-,12-/m0/s1. The Morgan fingerprint density at radius 2 is 1.95 bits per heavy atom. The third-order valence-electron chi connectivity index (χ3n) is 2.55. The largest absolute Gasteiger partial charge is 0.444 e. The number of nitrogens with zero attached hydrogens (tertiary/aromatic N) is 1. The molecule has 0 aliphatic rings. The molecular formula is C14H20N2O5. The Hall–Kier alpha value is -2.15. The molecule has 0 spiro atoms. The van der Waals surface area contributed by atoms with Gasteiger partial charge in [0.1, 0.15) is 11.7 Å². The average Bonchev–Trinajstić information content (AvgIpc) is 2.34. The van der Waals surface area contributed by atoms with Crippen LogP contribution in [0.2, 0.25) is 0 Å². The van der Waals surface area contributed by atoms with Crippen LogP contribution < -0.4 is 5.32 Å². The smallest absolute Gasteiger partial charge is 0.408 e. The molecule has 1 aromatic carbocycles. The van der Waals surface area contributed by atoms with Crippen molar-refractivity contribution in [1.82, 2.24) is 5.32 Å². The molecule has 1 rings (SSSR count). The zero-order chi connectivity index (χ0) is 16.0. The van der Waals surface area contributed by atoms with Crippen molar-refractivity contribution in [3.8, 4) is 0 Å². The number of ether oxygens (including phenoxy) is 1. The molecule has 0 fully saturated rings. The fraction of sp³-hybridized carbons (Fsp3) is 0.500. The highest BCUT2D eigenvalue weighted by Gasteiger charge is 2.28. The Bertz CT molecular complexity index is 484. The fourth-order valence-corrected chi connectivity index (χ4v) is 1.75. The summed E-state index contributed by atoms with van der Waals surface area (Å²) < 4.78 is 5.11. The number of nitro groups is 1. The molecule has 7 heteroatoms. The number of nitrogens with one attached hydrogen (secondary N) is 1. The van der Waals surface area contributed by atoms with Gasteiger partial charge < -0.3 is 15.2 Å². The summed E-state index contributed by atoms with van der Waals surface area (Å²) >= 11 is 0. The second-order valence-electron chi connectivity index (χ2n) is 5.62. The first-order chi connectivity index (χ1) is 9.69. The number of benzene rings is 1. The van der Waals surface area contributed by atoms with E-state index in [4.69, 9.17) is 4.74 Å². The summed E-state index contributed by atoms with van der Waals surface area (Å²) in [5.74, 6) is 0. The summed E-state index contributed by atoms with van der Waals surface area (Å²) in [5.41, 5.74) is -0.128. The molecule has 7 nitrogen and oxygen atoms in total. The molecular weight excluding hydrogens is 276 g/mol. The van der Waals surface area contributed by atoms with E-state index in [1.807, 2.05) is 0 Å². The van der Waals surface area contributed by atoms with Crippen LogP contribution in [0.3, 0.4) is 0 Å². The monoisotopic (exact) mass is 296 g/mol. The summed E-state index contributed by atoms with van der Waals surface area (Å²) in [4.78, 5) is 21.8. The number of aliphatic hydroxyl groups excluding tert-OH is 1. The topological polar surface area (TPSA) is 102 Å². The average molecular weight is 296 g/mol. The van der Waals surface area contributed by atoms with Gasteiger partial charge in [-0.25, -0.2) is 4.79 Å². The molecule has 0 bridgehead atoms. The second kappa shape index (κ2) is 7.03. The number of amides is 1. The van der Waals surface area contributed by atoms with E-state index in [1.165, 1.54) is 0 Å². The second-order valence-corrected chi connectivity index (χ2v) is 5.62. The maximum atomic E-state index is 11.8. The highest BCUT2D eigenvalue weighted by molar-refractivity contribution is 5.68. The number of carbonyl (C=O) groups is 1. The van der Waals surface area contributed by atoms with Crippen molar-refractivity contribution >= 4 is 6.09 Å². The van der Waals surface area contributed by atoms with Crippen LogP contribution in [0.1, 0.15) is 32.4 Å². The Morgan fingerprint density at radius 3 is 2.43 bits per heavy atom. The number of alkyl carbamates (subject to hydrolysis) is 1. The third-order valence-corrected chi connectivity index (χ3v) is 2.55. The van der Waals surface area contributed by atoms with Crippen molar-refractivity contribution < 1.29 is 19.6 Å². The van der Waals surface area contributed by atoms with Crippen LogP contribution in [0.15, 0.2) is 30.3 Å². The molecule has 0 aromatic heterocycles. The molecule has 0 saturated heterocycles. The van der Waals surface area contributed by atoms with E-state index < -0.39 is 35.3 Å². The van der Waals surface area contributed by atoms with E-state index in [0.29, 0.717) is 5.56 Å². The van der Waals surface area contributed by atoms with Crippen molar-refractivity contribution in [2.24, 2.45) is 0 Å². The Kier molecular flexibility index (Phi) is 5.66. The molecule has 1 aromatic rings. The number of hydrogen-bond acceptors (Lipinski definition) is 5. The maximum Gasteiger partial charge on any atom is 0.408 e. The summed E-state index contributed by atoms with van der Waals surface area (Å²) in [6.07, 6.45) is -2.09. The summed E-state index contributed by atoms with van der Waals surface area (Å²) in [6.45, 7) is 4.45. The van der Waals surface area contributed by atoms with Gasteiger partial charge in [0.2, 0.25) is 6.54 Å². The van der Waals surface area contributed by atoms with Crippen molar-refractivity contribution in [2.75, 3.05) is 6.54 Å². The van der Waals surface area contributed by atoms with Gasteiger partial charge in [-0.2, -0.15) is 0 Å². The van der Waals surface area contributed by atoms with Gasteiger partial charge in [0.15, 0.2) is 0 Å². The van der Waals surface area contributed by atoms with E-state index in [1.54, 1.807) is 51.1 Å². The van der Waals surface area contributed by atoms with Gasteiger partial charge in [-0.15, -0.1) is 0 Å². The van der Waals surface area contributed by atoms with Crippen LogP contribution in [-0.4, -0.2) is 34.4 Å². The number of rotatable bonds is 5. The van der Waals surface area contributed by atoms with E-state index >= 15 is 0 Å². The number of aliphatic hydroxyl groups is 1. The third kappa shape index (κ3) is 6.22. The van der Waals surface area contributed by atoms with Crippen LogP contribution in [0.4, 0.5) is 4.79 Å². The normalized spacial score (nSPS) is 14.1. The molecule has 2 N–H and O–H groups in total. The lowest BCUT2D eigenvalue weighted by Gasteiger charge is -2.25. The highest BCUT2D eigenvalue weighted by Crippen LogP contribution is 2.18. The Morgan fingerprint density at radius 1 is 1.38 bits per heavy atom. The van der Waals surface area contributed by atoms with E-state index in [-0.39, 0.29) is 0 Å². The molecule has 1 amide bonds. The lowest BCUT2D eigenvalue weighted by molar-refractivity contribution is -0.491. The first kappa shape index (κ1) is 16.9. The first-order valence-corrected chi connectivity index (χ1v) is 6.53. The molecule has 116 valence electrons. The van der Waals surface area contributed by atoms with Gasteiger partial charge >= 0.3 is 6.09 Å². The van der Waals surface area contributed by atoms with Gasteiger partial charge in [-0.1, -0.05) is 30.3 Å². The van der Waals surface area contributed by atoms with Gasteiger partial charge in [0, 0.05) is 4.92 Å². The zero-order valence-electron chi connectivity index (χ0n) is 12.3. The molecule has 0 heterocycles. The van der Waals surface area contributed by atoms with Crippen molar-refractivity contribution in [3.63, 3.8) is 0 Å². The predicted molar refractivity (Wildman–Crippen MR) is 76.4 cm³/mol. The fourth-order valence-electron chi connectivity index (χ4n) is 1.75. The van der Waals surface area contributed by atoms with Gasteiger partial charge in [0.05, 0.1) is 6.04 Å². The molecule has 0 aliphatic carbocycles. The SMILES string of the molecule is CC(C)(C)OC(=O)N[C@@H](c1ccccc1)[C@@H](O)C[N+](=O)[O-]. The van der Waals surface area contributed by atoms with Crippen molar-refractivity contribution in [3.05, 3.63) is 46.0 Å². The maximum absolute atomic E-state index is 11.8. The van der Waals surface area contributed by atoms with E-state index in [0.717, 1.165) is 0 Å². The summed E-state index contributed by atoms with van der Waals surface area (Å²) in [5, 5.41) is 23.0. The zero-order valence-corrected chi connectivity index (χ0v) is 12.3. The molecule has 2 atom stereocenters. The minimum absolute atomic E-state index is 0.567. The van der Waals surface area contributed by atoms with Crippen molar-refractivity contribution in [2.45, 2.75) is 38.5 Å². The van der Waals surface area contributed by atoms with Crippen LogP contribution in [0, 0.1) is 10.1 Å². The van der Waals surface area contributed by atoms with Crippen LogP contribution in [0.25, 0.3) is 0 Å². The van der Waals surface area contributed by atoms with Gasteiger partial charge in [-0.3, -0.25) is 10.1 Å². The van der Waals surface area contributed by atoms with E-state index in [2.05, 4.69) is 5.32 Å². The van der Waals surface area contributed by atoms with Crippen LogP contribution in [-0.2, 0) is 4.74 Å². The van der Waals surface area contributed by atoms with E-state index in [9.17, 15) is 20.0 Å². The molecule has 0 aliphatic heterocycles. The number of hydrogen-bond donors (Lipinski definition) is 2. The minimum Gasteiger partial charge on any atom is -0.444 e. The molecule has 0 unspecified atom stereocenters. The van der Waals surface area contributed by atoms with Crippen LogP contribution >= 0.6 is 0 Å². The molecule has 21 heavy (non-hydrogen) atoms. The van der Waals surface area contributed by atoms with Gasteiger partial charge in [-0.05, 0) is 26.3 Å².